The zero-order valence-corrected chi connectivity index (χ0v) is 11.2. The van der Waals surface area contributed by atoms with E-state index < -0.39 is 10.0 Å². The minimum atomic E-state index is -3.48. The molecule has 1 saturated heterocycles. The molecule has 1 aromatic carbocycles. The summed E-state index contributed by atoms with van der Waals surface area (Å²) in [5.74, 6) is 0.266. The van der Waals surface area contributed by atoms with Gasteiger partial charge in [-0.25, -0.2) is 13.1 Å². The van der Waals surface area contributed by atoms with Crippen LogP contribution in [0.5, 0.6) is 0 Å². The van der Waals surface area contributed by atoms with Crippen LogP contribution in [-0.4, -0.2) is 28.2 Å². The summed E-state index contributed by atoms with van der Waals surface area (Å²) < 4.78 is 32.0. The Morgan fingerprint density at radius 1 is 1.44 bits per heavy atom. The molecule has 1 aromatic rings. The molecule has 3 N–H and O–H groups in total. The minimum absolute atomic E-state index is 0.221. The fraction of sp³-hybridized carbons (Fsp3) is 0.500. The summed E-state index contributed by atoms with van der Waals surface area (Å²) in [5, 5.41) is 0. The molecule has 6 heteroatoms. The Kier molecular flexibility index (Phi) is 3.89. The molecule has 1 aliphatic heterocycles. The van der Waals surface area contributed by atoms with Crippen molar-refractivity contribution in [3.05, 3.63) is 23.8 Å². The van der Waals surface area contributed by atoms with Gasteiger partial charge in [-0.3, -0.25) is 0 Å². The van der Waals surface area contributed by atoms with E-state index in [0.717, 1.165) is 12.0 Å². The topological polar surface area (TPSA) is 81.4 Å². The lowest BCUT2D eigenvalue weighted by molar-refractivity contribution is 0.186. The van der Waals surface area contributed by atoms with E-state index in [1.807, 2.05) is 6.92 Å². The summed E-state index contributed by atoms with van der Waals surface area (Å²) in [6.45, 7) is 3.57. The first-order valence-electron chi connectivity index (χ1n) is 5.92. The number of sulfonamides is 1. The average molecular weight is 270 g/mol. The van der Waals surface area contributed by atoms with Crippen LogP contribution in [0.15, 0.2) is 23.1 Å². The Morgan fingerprint density at radius 2 is 2.22 bits per heavy atom. The number of nitrogen functional groups attached to an aromatic ring is 1. The van der Waals surface area contributed by atoms with Crippen LogP contribution >= 0.6 is 0 Å². The van der Waals surface area contributed by atoms with Crippen molar-refractivity contribution >= 4 is 15.7 Å². The second-order valence-electron chi connectivity index (χ2n) is 4.66. The summed E-state index contributed by atoms with van der Waals surface area (Å²) >= 11 is 0. The van der Waals surface area contributed by atoms with Gasteiger partial charge in [0, 0.05) is 18.8 Å². The SMILES string of the molecule is Cc1cc(N)cc(S(=O)(=O)NCC2CCOC2)c1. The summed E-state index contributed by atoms with van der Waals surface area (Å²) in [7, 11) is -3.48. The predicted octanol–water partition coefficient (Wildman–Crippen LogP) is 0.892. The molecule has 1 heterocycles. The van der Waals surface area contributed by atoms with Gasteiger partial charge in [0.15, 0.2) is 0 Å². The summed E-state index contributed by atoms with van der Waals surface area (Å²) in [4.78, 5) is 0.221. The van der Waals surface area contributed by atoms with Gasteiger partial charge in [-0.2, -0.15) is 0 Å². The van der Waals surface area contributed by atoms with Crippen LogP contribution in [-0.2, 0) is 14.8 Å². The maximum Gasteiger partial charge on any atom is 0.240 e. The molecule has 100 valence electrons. The van der Waals surface area contributed by atoms with Gasteiger partial charge in [0.25, 0.3) is 0 Å². The standard InChI is InChI=1S/C12H18N2O3S/c1-9-4-11(13)6-12(5-9)18(15,16)14-7-10-2-3-17-8-10/h4-6,10,14H,2-3,7-8,13H2,1H3. The number of hydrogen-bond acceptors (Lipinski definition) is 4. The molecule has 1 unspecified atom stereocenters. The lowest BCUT2D eigenvalue weighted by atomic mass is 10.1. The van der Waals surface area contributed by atoms with Gasteiger partial charge >= 0.3 is 0 Å². The Hall–Kier alpha value is -1.11. The van der Waals surface area contributed by atoms with Crippen LogP contribution in [0.25, 0.3) is 0 Å². The van der Waals surface area contributed by atoms with Crippen molar-refractivity contribution in [1.82, 2.24) is 4.72 Å². The Morgan fingerprint density at radius 3 is 2.83 bits per heavy atom. The van der Waals surface area contributed by atoms with Crippen molar-refractivity contribution in [2.75, 3.05) is 25.5 Å². The van der Waals surface area contributed by atoms with Crippen LogP contribution in [0.1, 0.15) is 12.0 Å². The molecule has 18 heavy (non-hydrogen) atoms. The number of ether oxygens (including phenoxy) is 1. The number of rotatable bonds is 4. The zero-order chi connectivity index (χ0) is 13.2. The third-order valence-electron chi connectivity index (χ3n) is 2.97. The van der Waals surface area contributed by atoms with E-state index in [0.29, 0.717) is 25.4 Å². The third kappa shape index (κ3) is 3.22. The van der Waals surface area contributed by atoms with Crippen molar-refractivity contribution in [3.8, 4) is 0 Å². The van der Waals surface area contributed by atoms with Crippen molar-refractivity contribution in [1.29, 1.82) is 0 Å². The summed E-state index contributed by atoms with van der Waals surface area (Å²) in [6, 6.07) is 4.83. The van der Waals surface area contributed by atoms with Crippen LogP contribution < -0.4 is 10.5 Å². The molecule has 5 nitrogen and oxygen atoms in total. The number of nitrogens with two attached hydrogens (primary N) is 1. The largest absolute Gasteiger partial charge is 0.399 e. The molecule has 1 fully saturated rings. The Labute approximate surface area is 107 Å². The molecule has 0 bridgehead atoms. The van der Waals surface area contributed by atoms with E-state index in [4.69, 9.17) is 10.5 Å². The lowest BCUT2D eigenvalue weighted by Crippen LogP contribution is -2.29. The summed E-state index contributed by atoms with van der Waals surface area (Å²) in [5.41, 5.74) is 6.95. The fourth-order valence-electron chi connectivity index (χ4n) is 1.99. The monoisotopic (exact) mass is 270 g/mol. The number of anilines is 1. The minimum Gasteiger partial charge on any atom is -0.399 e. The molecular weight excluding hydrogens is 252 g/mol. The molecule has 1 aliphatic rings. The normalized spacial score (nSPS) is 20.2. The van der Waals surface area contributed by atoms with Crippen molar-refractivity contribution in [2.24, 2.45) is 5.92 Å². The Bertz CT molecular complexity index is 502. The molecular formula is C12H18N2O3S. The number of nitrogens with one attached hydrogen (secondary N) is 1. The first kappa shape index (κ1) is 13.3. The predicted molar refractivity (Wildman–Crippen MR) is 69.7 cm³/mol. The van der Waals surface area contributed by atoms with Gasteiger partial charge in [0.1, 0.15) is 0 Å². The van der Waals surface area contributed by atoms with Crippen molar-refractivity contribution < 1.29 is 13.2 Å². The van der Waals surface area contributed by atoms with Gasteiger partial charge in [-0.05, 0) is 43.0 Å². The first-order valence-corrected chi connectivity index (χ1v) is 7.40. The highest BCUT2D eigenvalue weighted by Gasteiger charge is 2.20. The fourth-order valence-corrected chi connectivity index (χ4v) is 3.24. The molecule has 0 aromatic heterocycles. The second-order valence-corrected chi connectivity index (χ2v) is 6.43. The smallest absolute Gasteiger partial charge is 0.240 e. The average Bonchev–Trinajstić information content (AvgIpc) is 2.78. The molecule has 0 radical (unpaired) electrons. The van der Waals surface area contributed by atoms with Gasteiger partial charge in [-0.15, -0.1) is 0 Å². The number of hydrogen-bond donors (Lipinski definition) is 2. The zero-order valence-electron chi connectivity index (χ0n) is 10.3. The third-order valence-corrected chi connectivity index (χ3v) is 4.37. The van der Waals surface area contributed by atoms with E-state index in [-0.39, 0.29) is 10.8 Å². The van der Waals surface area contributed by atoms with Crippen LogP contribution in [0.4, 0.5) is 5.69 Å². The lowest BCUT2D eigenvalue weighted by Gasteiger charge is -2.11. The van der Waals surface area contributed by atoms with Gasteiger partial charge in [0.2, 0.25) is 10.0 Å². The highest BCUT2D eigenvalue weighted by atomic mass is 32.2. The van der Waals surface area contributed by atoms with Crippen LogP contribution in [0.3, 0.4) is 0 Å². The number of aryl methyl sites for hydroxylation is 1. The van der Waals surface area contributed by atoms with E-state index in [2.05, 4.69) is 4.72 Å². The maximum absolute atomic E-state index is 12.1. The van der Waals surface area contributed by atoms with Gasteiger partial charge in [0.05, 0.1) is 11.5 Å². The van der Waals surface area contributed by atoms with Gasteiger partial charge < -0.3 is 10.5 Å². The van der Waals surface area contributed by atoms with E-state index >= 15 is 0 Å². The molecule has 2 rings (SSSR count). The molecule has 0 aliphatic carbocycles. The second kappa shape index (κ2) is 5.26. The van der Waals surface area contributed by atoms with Crippen LogP contribution in [0.2, 0.25) is 0 Å². The first-order chi connectivity index (χ1) is 8.47. The van der Waals surface area contributed by atoms with Gasteiger partial charge in [-0.1, -0.05) is 0 Å². The highest BCUT2D eigenvalue weighted by Crippen LogP contribution is 2.17. The van der Waals surface area contributed by atoms with Crippen LogP contribution in [0, 0.1) is 12.8 Å². The Balaban J connectivity index is 2.09. The van der Waals surface area contributed by atoms with E-state index in [1.165, 1.54) is 6.07 Å². The molecule has 0 spiro atoms. The van der Waals surface area contributed by atoms with Crippen molar-refractivity contribution in [3.63, 3.8) is 0 Å². The van der Waals surface area contributed by atoms with E-state index in [1.54, 1.807) is 12.1 Å². The highest BCUT2D eigenvalue weighted by molar-refractivity contribution is 7.89. The molecule has 1 atom stereocenters. The quantitative estimate of drug-likeness (QED) is 0.796. The molecule has 0 saturated carbocycles. The maximum atomic E-state index is 12.1. The summed E-state index contributed by atoms with van der Waals surface area (Å²) in [6.07, 6.45) is 0.901. The molecule has 0 amide bonds. The van der Waals surface area contributed by atoms with E-state index in [9.17, 15) is 8.42 Å². The van der Waals surface area contributed by atoms with Crippen molar-refractivity contribution in [2.45, 2.75) is 18.2 Å². The number of benzene rings is 1.